The Morgan fingerprint density at radius 2 is 1.63 bits per heavy atom. The highest BCUT2D eigenvalue weighted by atomic mass is 19.3. The van der Waals surface area contributed by atoms with Crippen molar-refractivity contribution in [1.29, 1.82) is 0 Å². The van der Waals surface area contributed by atoms with Crippen molar-refractivity contribution in [1.82, 2.24) is 9.78 Å². The molecule has 0 saturated heterocycles. The van der Waals surface area contributed by atoms with Crippen LogP contribution in [0.2, 0.25) is 0 Å². The molecule has 0 aliphatic carbocycles. The van der Waals surface area contributed by atoms with Gasteiger partial charge in [-0.1, -0.05) is 12.1 Å². The van der Waals surface area contributed by atoms with E-state index in [2.05, 4.69) is 15.2 Å². The second-order valence-electron chi connectivity index (χ2n) is 7.16. The number of anilines is 1. The maximum Gasteiger partial charge on any atom is 0.330 e. The number of carbonyl (C=O) groups excluding carboxylic acids is 1. The molecule has 0 fully saturated rings. The van der Waals surface area contributed by atoms with Crippen LogP contribution in [0.3, 0.4) is 0 Å². The Bertz CT molecular complexity index is 1200. The van der Waals surface area contributed by atoms with E-state index < -0.39 is 72.7 Å². The number of rotatable bonds is 9. The van der Waals surface area contributed by atoms with E-state index >= 15 is 0 Å². The first kappa shape index (κ1) is 26.1. The third-order valence-corrected chi connectivity index (χ3v) is 4.57. The summed E-state index contributed by atoms with van der Waals surface area (Å²) < 4.78 is 123. The first-order valence-corrected chi connectivity index (χ1v) is 9.58. The maximum atomic E-state index is 13.8. The molecule has 1 heterocycles. The second-order valence-corrected chi connectivity index (χ2v) is 7.16. The van der Waals surface area contributed by atoms with Crippen LogP contribution >= 0.6 is 0 Å². The van der Waals surface area contributed by atoms with Crippen molar-refractivity contribution in [2.75, 3.05) is 11.9 Å². The highest BCUT2D eigenvalue weighted by Crippen LogP contribution is 2.25. The average Bonchev–Trinajstić information content (AvgIpc) is 3.26. The normalized spacial score (nSPS) is 11.8. The minimum atomic E-state index is -4.33. The number of amides is 1. The summed E-state index contributed by atoms with van der Waals surface area (Å²) in [6.07, 6.45) is -2.78. The summed E-state index contributed by atoms with van der Waals surface area (Å²) in [6, 6.07) is 6.53. The molecule has 3 aromatic rings. The van der Waals surface area contributed by atoms with Crippen molar-refractivity contribution >= 4 is 11.7 Å². The third kappa shape index (κ3) is 5.93. The Kier molecular flexibility index (Phi) is 7.73. The summed E-state index contributed by atoms with van der Waals surface area (Å²) in [5.41, 5.74) is -0.909. The molecule has 0 atom stereocenters. The molecule has 5 nitrogen and oxygen atoms in total. The van der Waals surface area contributed by atoms with Crippen molar-refractivity contribution in [2.24, 2.45) is 0 Å². The highest BCUT2D eigenvalue weighted by Gasteiger charge is 2.40. The first-order valence-electron chi connectivity index (χ1n) is 9.58. The van der Waals surface area contributed by atoms with Gasteiger partial charge in [-0.05, 0) is 17.7 Å². The van der Waals surface area contributed by atoms with Crippen LogP contribution in [0.25, 0.3) is 0 Å². The number of hydrogen-bond donors (Lipinski definition) is 1. The predicted molar refractivity (Wildman–Crippen MR) is 103 cm³/mol. The fourth-order valence-corrected chi connectivity index (χ4v) is 2.83. The van der Waals surface area contributed by atoms with E-state index in [-0.39, 0.29) is 16.9 Å². The van der Waals surface area contributed by atoms with Crippen LogP contribution in [0.15, 0.2) is 36.5 Å². The number of nitrogens with one attached hydrogen (secondary N) is 1. The van der Waals surface area contributed by atoms with Gasteiger partial charge in [-0.15, -0.1) is 0 Å². The Morgan fingerprint density at radius 3 is 2.26 bits per heavy atom. The smallest absolute Gasteiger partial charge is 0.330 e. The molecule has 35 heavy (non-hydrogen) atoms. The second kappa shape index (κ2) is 10.4. The number of benzene rings is 2. The van der Waals surface area contributed by atoms with Crippen LogP contribution in [0.4, 0.5) is 45.3 Å². The van der Waals surface area contributed by atoms with Crippen molar-refractivity contribution in [2.45, 2.75) is 25.5 Å². The standard InChI is InChI=1S/C21H14F9N3O2/c22-14-12(15(23)17(25)18(26)16(14)24)7-33-5-4-13(32-33)31-19(34)11-3-1-2-10(6-11)8-35-9-21(29,30)20(27)28/h1-6,20H,7-9H2,(H,31,32,34). The van der Waals surface area contributed by atoms with E-state index in [0.717, 1.165) is 10.9 Å². The van der Waals surface area contributed by atoms with Gasteiger partial charge < -0.3 is 10.1 Å². The number of nitrogens with zero attached hydrogens (tertiary/aromatic N) is 2. The highest BCUT2D eigenvalue weighted by molar-refractivity contribution is 6.03. The Labute approximate surface area is 191 Å². The lowest BCUT2D eigenvalue weighted by Gasteiger charge is -2.15. The zero-order valence-electron chi connectivity index (χ0n) is 17.3. The Balaban J connectivity index is 1.66. The summed E-state index contributed by atoms with van der Waals surface area (Å²) in [5, 5.41) is 6.11. The number of halogens is 9. The van der Waals surface area contributed by atoms with Crippen LogP contribution in [-0.4, -0.2) is 34.6 Å². The molecule has 0 bridgehead atoms. The zero-order chi connectivity index (χ0) is 25.9. The fourth-order valence-electron chi connectivity index (χ4n) is 2.83. The van der Waals surface area contributed by atoms with Gasteiger partial charge in [-0.25, -0.2) is 30.7 Å². The SMILES string of the molecule is O=C(Nc1ccn(Cc2c(F)c(F)c(F)c(F)c2F)n1)c1cccc(COCC(F)(F)C(F)F)c1. The van der Waals surface area contributed by atoms with Gasteiger partial charge in [0, 0.05) is 17.8 Å². The van der Waals surface area contributed by atoms with Gasteiger partial charge in [0.1, 0.15) is 6.61 Å². The van der Waals surface area contributed by atoms with Crippen molar-refractivity contribution in [3.8, 4) is 0 Å². The molecule has 0 unspecified atom stereocenters. The molecular formula is C21H14F9N3O2. The molecule has 0 saturated carbocycles. The summed E-state index contributed by atoms with van der Waals surface area (Å²) >= 11 is 0. The molecule has 188 valence electrons. The molecule has 0 aliphatic rings. The molecular weight excluding hydrogens is 497 g/mol. The topological polar surface area (TPSA) is 56.2 Å². The lowest BCUT2D eigenvalue weighted by molar-refractivity contribution is -0.168. The Morgan fingerprint density at radius 1 is 1.00 bits per heavy atom. The molecule has 1 aromatic heterocycles. The largest absolute Gasteiger partial charge is 0.370 e. The lowest BCUT2D eigenvalue weighted by atomic mass is 10.1. The van der Waals surface area contributed by atoms with Crippen molar-refractivity contribution < 1.29 is 49.0 Å². The third-order valence-electron chi connectivity index (χ3n) is 4.57. The summed E-state index contributed by atoms with van der Waals surface area (Å²) in [5.74, 6) is -15.8. The average molecular weight is 511 g/mol. The van der Waals surface area contributed by atoms with Crippen LogP contribution in [0.5, 0.6) is 0 Å². The van der Waals surface area contributed by atoms with Gasteiger partial charge in [0.25, 0.3) is 5.91 Å². The van der Waals surface area contributed by atoms with Crippen molar-refractivity contribution in [3.63, 3.8) is 0 Å². The molecule has 3 rings (SSSR count). The van der Waals surface area contributed by atoms with Crippen LogP contribution in [0, 0.1) is 29.1 Å². The number of alkyl halides is 4. The maximum absolute atomic E-state index is 13.8. The molecule has 1 amide bonds. The van der Waals surface area contributed by atoms with Gasteiger partial charge >= 0.3 is 12.3 Å². The number of carbonyl (C=O) groups is 1. The van der Waals surface area contributed by atoms with Gasteiger partial charge in [-0.2, -0.15) is 13.9 Å². The summed E-state index contributed by atoms with van der Waals surface area (Å²) in [4.78, 5) is 12.4. The van der Waals surface area contributed by atoms with E-state index in [0.29, 0.717) is 0 Å². The molecule has 0 aliphatic heterocycles. The predicted octanol–water partition coefficient (Wildman–Crippen LogP) is 5.30. The van der Waals surface area contributed by atoms with Gasteiger partial charge in [0.15, 0.2) is 29.1 Å². The fraction of sp³-hybridized carbons (Fsp3) is 0.238. The van der Waals surface area contributed by atoms with E-state index in [1.807, 2.05) is 0 Å². The Hall–Kier alpha value is -3.55. The van der Waals surface area contributed by atoms with E-state index in [1.54, 1.807) is 0 Å². The number of aromatic nitrogens is 2. The van der Waals surface area contributed by atoms with Crippen molar-refractivity contribution in [3.05, 3.63) is 82.3 Å². The molecule has 0 spiro atoms. The van der Waals surface area contributed by atoms with Gasteiger partial charge in [-0.3, -0.25) is 9.48 Å². The lowest BCUT2D eigenvalue weighted by Crippen LogP contribution is -2.32. The molecule has 14 heteroatoms. The van der Waals surface area contributed by atoms with Crippen LogP contribution in [0.1, 0.15) is 21.5 Å². The minimum absolute atomic E-state index is 0.000959. The van der Waals surface area contributed by atoms with E-state index in [9.17, 15) is 44.3 Å². The zero-order valence-corrected chi connectivity index (χ0v) is 17.3. The first-order chi connectivity index (χ1) is 16.4. The monoisotopic (exact) mass is 511 g/mol. The minimum Gasteiger partial charge on any atom is -0.370 e. The summed E-state index contributed by atoms with van der Waals surface area (Å²) in [7, 11) is 0. The quantitative estimate of drug-likeness (QED) is 0.241. The van der Waals surface area contributed by atoms with Crippen LogP contribution in [-0.2, 0) is 17.9 Å². The number of ether oxygens (including phenoxy) is 1. The van der Waals surface area contributed by atoms with Gasteiger partial charge in [0.2, 0.25) is 5.82 Å². The van der Waals surface area contributed by atoms with Crippen LogP contribution < -0.4 is 5.32 Å². The molecule has 0 radical (unpaired) electrons. The van der Waals surface area contributed by atoms with Gasteiger partial charge in [0.05, 0.1) is 18.7 Å². The number of hydrogen-bond acceptors (Lipinski definition) is 3. The summed E-state index contributed by atoms with van der Waals surface area (Å²) in [6.45, 7) is -2.85. The van der Waals surface area contributed by atoms with E-state index in [4.69, 9.17) is 0 Å². The van der Waals surface area contributed by atoms with E-state index in [1.165, 1.54) is 30.3 Å². The molecule has 1 N–H and O–H groups in total. The molecule has 2 aromatic carbocycles.